The predicted octanol–water partition coefficient (Wildman–Crippen LogP) is 6.53. The van der Waals surface area contributed by atoms with Crippen LogP contribution in [0.2, 0.25) is 0 Å². The molecule has 9 heteroatoms. The lowest BCUT2D eigenvalue weighted by molar-refractivity contribution is -0.246. The molecule has 0 unspecified atom stereocenters. The summed E-state index contributed by atoms with van der Waals surface area (Å²) >= 11 is 0. The molecule has 0 spiro atoms. The van der Waals surface area contributed by atoms with Gasteiger partial charge in [0.2, 0.25) is 0 Å². The molecule has 2 aromatic rings. The molecule has 0 aromatic heterocycles. The SMILES string of the molecule is [C-]#[N+]c1cc(F)cc(Oc2ccc3c4c2[C@@H](F)[C@H](F)[C@]4(C)C(F)(F)C3(F)F)c1. The number of nitrogens with zero attached hydrogens (tertiary/aromatic N) is 1. The summed E-state index contributed by atoms with van der Waals surface area (Å²) < 4.78 is 106. The summed E-state index contributed by atoms with van der Waals surface area (Å²) in [5, 5.41) is 0. The highest BCUT2D eigenvalue weighted by Gasteiger charge is 2.80. The molecular weight excluding hydrogens is 391 g/mol. The first-order valence-electron chi connectivity index (χ1n) is 8.04. The van der Waals surface area contributed by atoms with Gasteiger partial charge in [0.25, 0.3) is 0 Å². The zero-order chi connectivity index (χ0) is 20.6. The van der Waals surface area contributed by atoms with Gasteiger partial charge in [0.1, 0.15) is 17.3 Å². The Morgan fingerprint density at radius 1 is 1.07 bits per heavy atom. The lowest BCUT2D eigenvalue weighted by atomic mass is 9.81. The third kappa shape index (κ3) is 1.98. The van der Waals surface area contributed by atoms with E-state index in [1.807, 2.05) is 0 Å². The highest BCUT2D eigenvalue weighted by molar-refractivity contribution is 5.63. The standard InChI is InChI=1S/C19H10F7NO/c1-17-14-11(18(23,24)19(17,25)26)3-4-12(13(14)15(21)16(17)22)28-10-6-8(20)5-9(7-10)27-2/h3-7,15-16H,1H3/t15-,16+,17-/m1/s1. The van der Waals surface area contributed by atoms with Crippen LogP contribution < -0.4 is 4.74 Å². The van der Waals surface area contributed by atoms with Gasteiger partial charge >= 0.3 is 11.8 Å². The van der Waals surface area contributed by atoms with Gasteiger partial charge in [-0.05, 0) is 36.8 Å². The largest absolute Gasteiger partial charge is 0.458 e. The topological polar surface area (TPSA) is 13.6 Å². The number of benzene rings is 2. The molecule has 2 aromatic carbocycles. The summed E-state index contributed by atoms with van der Waals surface area (Å²) in [5.74, 6) is -11.2. The van der Waals surface area contributed by atoms with Gasteiger partial charge < -0.3 is 4.74 Å². The molecule has 3 atom stereocenters. The van der Waals surface area contributed by atoms with Crippen LogP contribution in [0.25, 0.3) is 4.85 Å². The molecule has 0 heterocycles. The quantitative estimate of drug-likeness (QED) is 0.412. The molecule has 0 N–H and O–H groups in total. The van der Waals surface area contributed by atoms with E-state index in [9.17, 15) is 30.7 Å². The molecule has 0 saturated heterocycles. The van der Waals surface area contributed by atoms with Gasteiger partial charge in [0.05, 0.1) is 12.0 Å². The minimum absolute atomic E-state index is 0.157. The fraction of sp³-hybridized carbons (Fsp3) is 0.316. The Hall–Kier alpha value is -2.76. The predicted molar refractivity (Wildman–Crippen MR) is 84.1 cm³/mol. The first kappa shape index (κ1) is 18.6. The summed E-state index contributed by atoms with van der Waals surface area (Å²) in [6.45, 7) is 7.46. The maximum Gasteiger partial charge on any atom is 0.336 e. The van der Waals surface area contributed by atoms with E-state index in [0.717, 1.165) is 24.3 Å². The van der Waals surface area contributed by atoms with Crippen molar-refractivity contribution in [2.45, 2.75) is 36.5 Å². The second kappa shape index (κ2) is 5.40. The normalized spacial score (nSPS) is 28.7. The summed E-state index contributed by atoms with van der Waals surface area (Å²) in [4.78, 5) is 3.02. The van der Waals surface area contributed by atoms with Crippen molar-refractivity contribution in [1.82, 2.24) is 0 Å². The zero-order valence-corrected chi connectivity index (χ0v) is 14.0. The summed E-state index contributed by atoms with van der Waals surface area (Å²) in [6, 6.07) is 4.28. The molecule has 0 amide bonds. The van der Waals surface area contributed by atoms with Gasteiger partial charge in [-0.2, -0.15) is 17.6 Å². The summed E-state index contributed by atoms with van der Waals surface area (Å²) in [5.41, 5.74) is -5.98. The maximum absolute atomic E-state index is 14.6. The second-order valence-corrected chi connectivity index (χ2v) is 6.91. The average Bonchev–Trinajstić information content (AvgIpc) is 2.90. The van der Waals surface area contributed by atoms with Crippen molar-refractivity contribution >= 4 is 5.69 Å². The molecule has 0 saturated carbocycles. The van der Waals surface area contributed by atoms with E-state index in [1.165, 1.54) is 0 Å². The van der Waals surface area contributed by atoms with Crippen LogP contribution in [0.5, 0.6) is 11.5 Å². The lowest BCUT2D eigenvalue weighted by Gasteiger charge is -2.33. The van der Waals surface area contributed by atoms with Crippen molar-refractivity contribution in [2.75, 3.05) is 0 Å². The van der Waals surface area contributed by atoms with Gasteiger partial charge in [-0.1, -0.05) is 0 Å². The Morgan fingerprint density at radius 3 is 2.39 bits per heavy atom. The van der Waals surface area contributed by atoms with E-state index in [2.05, 4.69) is 4.85 Å². The Bertz CT molecular complexity index is 1050. The van der Waals surface area contributed by atoms with Gasteiger partial charge in [-0.3, -0.25) is 0 Å². The Balaban J connectivity index is 1.92. The van der Waals surface area contributed by atoms with Crippen LogP contribution >= 0.6 is 0 Å². The van der Waals surface area contributed by atoms with Crippen molar-refractivity contribution in [3.63, 3.8) is 0 Å². The fourth-order valence-corrected chi connectivity index (χ4v) is 3.99. The highest BCUT2D eigenvalue weighted by atomic mass is 19.3. The minimum Gasteiger partial charge on any atom is -0.458 e. The average molecular weight is 401 g/mol. The molecule has 146 valence electrons. The van der Waals surface area contributed by atoms with Crippen LogP contribution in [0.1, 0.15) is 29.8 Å². The summed E-state index contributed by atoms with van der Waals surface area (Å²) in [6.07, 6.45) is -5.56. The lowest BCUT2D eigenvalue weighted by Crippen LogP contribution is -2.51. The van der Waals surface area contributed by atoms with E-state index in [1.54, 1.807) is 0 Å². The molecule has 0 aliphatic heterocycles. The van der Waals surface area contributed by atoms with Crippen LogP contribution in [-0.4, -0.2) is 12.1 Å². The van der Waals surface area contributed by atoms with Crippen LogP contribution in [0, 0.1) is 12.4 Å². The molecule has 0 radical (unpaired) electrons. The number of hydrogen-bond donors (Lipinski definition) is 0. The smallest absolute Gasteiger partial charge is 0.336 e. The number of rotatable bonds is 2. The van der Waals surface area contributed by atoms with E-state index >= 15 is 0 Å². The van der Waals surface area contributed by atoms with Crippen LogP contribution in [0.4, 0.5) is 36.4 Å². The number of halogens is 7. The van der Waals surface area contributed by atoms with E-state index in [0.29, 0.717) is 13.0 Å². The van der Waals surface area contributed by atoms with E-state index < -0.39 is 57.9 Å². The van der Waals surface area contributed by atoms with Crippen LogP contribution in [-0.2, 0) is 11.3 Å². The molecule has 4 rings (SSSR count). The van der Waals surface area contributed by atoms with Crippen LogP contribution in [0.15, 0.2) is 30.3 Å². The number of alkyl halides is 6. The minimum atomic E-state index is -4.86. The molecule has 28 heavy (non-hydrogen) atoms. The molecule has 0 bridgehead atoms. The Labute approximate surface area is 154 Å². The summed E-state index contributed by atoms with van der Waals surface area (Å²) in [7, 11) is 0. The van der Waals surface area contributed by atoms with Crippen molar-refractivity contribution in [1.29, 1.82) is 0 Å². The maximum atomic E-state index is 14.6. The number of ether oxygens (including phenoxy) is 1. The third-order valence-corrected chi connectivity index (χ3v) is 5.41. The number of hydrogen-bond acceptors (Lipinski definition) is 1. The third-order valence-electron chi connectivity index (χ3n) is 5.41. The van der Waals surface area contributed by atoms with E-state index in [4.69, 9.17) is 11.3 Å². The van der Waals surface area contributed by atoms with Gasteiger partial charge in [0, 0.05) is 17.2 Å². The van der Waals surface area contributed by atoms with Crippen LogP contribution in [0.3, 0.4) is 0 Å². The van der Waals surface area contributed by atoms with Gasteiger partial charge in [0.15, 0.2) is 18.0 Å². The monoisotopic (exact) mass is 401 g/mol. The van der Waals surface area contributed by atoms with E-state index in [-0.39, 0.29) is 11.4 Å². The first-order valence-corrected chi connectivity index (χ1v) is 8.04. The first-order chi connectivity index (χ1) is 13.0. The van der Waals surface area contributed by atoms with Gasteiger partial charge in [-0.15, -0.1) is 0 Å². The zero-order valence-electron chi connectivity index (χ0n) is 14.0. The molecule has 2 aliphatic carbocycles. The second-order valence-electron chi connectivity index (χ2n) is 6.91. The molecule has 0 fully saturated rings. The molecule has 2 nitrogen and oxygen atoms in total. The molecule has 2 aliphatic rings. The molecular formula is C19H10F7NO. The van der Waals surface area contributed by atoms with Crippen molar-refractivity contribution < 1.29 is 35.5 Å². The van der Waals surface area contributed by atoms with Gasteiger partial charge in [-0.25, -0.2) is 18.0 Å². The Kier molecular flexibility index (Phi) is 3.59. The Morgan fingerprint density at radius 2 is 1.75 bits per heavy atom. The van der Waals surface area contributed by atoms with Crippen molar-refractivity contribution in [3.05, 3.63) is 64.3 Å². The van der Waals surface area contributed by atoms with Crippen molar-refractivity contribution in [3.8, 4) is 11.5 Å². The van der Waals surface area contributed by atoms with Crippen molar-refractivity contribution in [2.24, 2.45) is 0 Å². The fourth-order valence-electron chi connectivity index (χ4n) is 3.99. The highest BCUT2D eigenvalue weighted by Crippen LogP contribution is 2.70.